The molecule has 0 radical (unpaired) electrons. The summed E-state index contributed by atoms with van der Waals surface area (Å²) in [7, 11) is 3.52. The SMILES string of the molecule is Cc1ccccc1CN(C)C(=O)C(Cc1c[nH]c2ccccc12)NC(=O)C1C[C@@H](O)CN1C(=O)C12CCC(C)(CC1)CC2.Cc1ccccc1CN(C)C(=O)C(Cc1c[nH]c2ccccc12)NC(=O)C1C[C@@H](O)CN1C(=O)C12CCC(C)(CC1)CC2. The van der Waals surface area contributed by atoms with Crippen molar-refractivity contribution in [3.8, 4) is 0 Å². The van der Waals surface area contributed by atoms with Gasteiger partial charge < -0.3 is 50.4 Å². The van der Waals surface area contributed by atoms with E-state index in [1.54, 1.807) is 33.7 Å². The number of rotatable bonds is 16. The highest BCUT2D eigenvalue weighted by molar-refractivity contribution is 5.96. The molecule has 6 aromatic rings. The standard InChI is InChI=1S/2C35H44N4O4/c2*1-23-8-4-5-9-24(23)21-38(3)32(42)29(18-25-20-36-28-11-7-6-10-27(25)28)37-31(41)30-19-26(40)22-39(30)33(43)35-15-12-34(2,13-16-35)14-17-35/h2*4-11,20,26,29-30,36,40H,12-19,21-22H2,1-3H3,(H,37,41)/t2*26-,29?,30?,34?,35?/m11/s1. The van der Waals surface area contributed by atoms with Crippen LogP contribution in [0.4, 0.5) is 0 Å². The first-order valence-corrected chi connectivity index (χ1v) is 31.4. The summed E-state index contributed by atoms with van der Waals surface area (Å²) in [6, 6.07) is 28.5. The Morgan fingerprint density at radius 2 is 0.849 bits per heavy atom. The number of carbonyl (C=O) groups is 6. The third-order valence-electron chi connectivity index (χ3n) is 21.4. The topological polar surface area (TPSA) is 211 Å². The van der Waals surface area contributed by atoms with Gasteiger partial charge in [0, 0.05) is 111 Å². The van der Waals surface area contributed by atoms with Gasteiger partial charge in [-0.15, -0.1) is 0 Å². The number of nitrogens with zero attached hydrogens (tertiary/aromatic N) is 4. The fourth-order valence-corrected chi connectivity index (χ4v) is 15.3. The third kappa shape index (κ3) is 12.3. The van der Waals surface area contributed by atoms with E-state index in [0.29, 0.717) is 36.8 Å². The Morgan fingerprint density at radius 1 is 0.512 bits per heavy atom. The van der Waals surface area contributed by atoms with Gasteiger partial charge in [0.2, 0.25) is 35.4 Å². The van der Waals surface area contributed by atoms with Crippen LogP contribution in [0, 0.1) is 35.5 Å². The maximum atomic E-state index is 14.1. The number of hydrogen-bond donors (Lipinski definition) is 6. The van der Waals surface area contributed by atoms with E-state index in [-0.39, 0.29) is 61.4 Å². The number of nitrogens with one attached hydrogen (secondary N) is 4. The molecular weight excluding hydrogens is 1080 g/mol. The van der Waals surface area contributed by atoms with E-state index >= 15 is 0 Å². The van der Waals surface area contributed by atoms with Crippen molar-refractivity contribution in [2.75, 3.05) is 27.2 Å². The molecule has 0 spiro atoms. The van der Waals surface area contributed by atoms with Gasteiger partial charge in [-0.3, -0.25) is 28.8 Å². The number of fused-ring (bicyclic) bond motifs is 8. The van der Waals surface area contributed by atoms with Gasteiger partial charge in [0.15, 0.2) is 0 Å². The average Bonchev–Trinajstić information content (AvgIpc) is 1.26. The fourth-order valence-electron chi connectivity index (χ4n) is 15.3. The number of para-hydroxylation sites is 2. The minimum Gasteiger partial charge on any atom is -0.391 e. The van der Waals surface area contributed by atoms with Gasteiger partial charge in [0.1, 0.15) is 24.2 Å². The van der Waals surface area contributed by atoms with Gasteiger partial charge in [-0.1, -0.05) is 98.8 Å². The Bertz CT molecular complexity index is 3240. The molecule has 16 nitrogen and oxygen atoms in total. The lowest BCUT2D eigenvalue weighted by Gasteiger charge is -2.52. The molecule has 6 aliphatic carbocycles. The number of aromatic amines is 2. The number of aryl methyl sites for hydroxylation is 2. The lowest BCUT2D eigenvalue weighted by Crippen LogP contribution is -2.57. The summed E-state index contributed by atoms with van der Waals surface area (Å²) in [5.74, 6) is -1.14. The molecule has 2 aromatic heterocycles. The van der Waals surface area contributed by atoms with Crippen LogP contribution in [0.5, 0.6) is 0 Å². The maximum absolute atomic E-state index is 14.1. The van der Waals surface area contributed by atoms with E-state index in [9.17, 15) is 39.0 Å². The molecular formula is C70H88N8O8. The molecule has 6 saturated carbocycles. The van der Waals surface area contributed by atoms with E-state index in [1.807, 2.05) is 123 Å². The van der Waals surface area contributed by atoms with E-state index < -0.39 is 47.2 Å². The highest BCUT2D eigenvalue weighted by Crippen LogP contribution is 2.59. The monoisotopic (exact) mass is 1170 g/mol. The lowest BCUT2D eigenvalue weighted by molar-refractivity contribution is -0.155. The van der Waals surface area contributed by atoms with Crippen LogP contribution in [-0.4, -0.2) is 139 Å². The van der Waals surface area contributed by atoms with Crippen molar-refractivity contribution < 1.29 is 39.0 Å². The van der Waals surface area contributed by atoms with Gasteiger partial charge in [-0.2, -0.15) is 0 Å². The number of benzene rings is 4. The number of likely N-dealkylation sites (N-methyl/N-ethyl adjacent to an activating group) is 2. The van der Waals surface area contributed by atoms with E-state index in [2.05, 4.69) is 34.4 Å². The number of aromatic nitrogens is 2. The van der Waals surface area contributed by atoms with Crippen LogP contribution in [0.15, 0.2) is 109 Å². The first kappa shape index (κ1) is 60.4. The molecule has 8 aliphatic rings. The maximum Gasteiger partial charge on any atom is 0.245 e. The minimum absolute atomic E-state index is 0.00197. The second-order valence-electron chi connectivity index (χ2n) is 27.4. The first-order chi connectivity index (χ1) is 41.1. The van der Waals surface area contributed by atoms with Gasteiger partial charge >= 0.3 is 0 Å². The molecule has 86 heavy (non-hydrogen) atoms. The van der Waals surface area contributed by atoms with Crippen molar-refractivity contribution in [1.82, 2.24) is 40.2 Å². The molecule has 14 rings (SSSR count). The zero-order chi connectivity index (χ0) is 60.7. The van der Waals surface area contributed by atoms with Crippen molar-refractivity contribution >= 4 is 57.2 Å². The number of aliphatic hydroxyl groups excluding tert-OH is 2. The predicted octanol–water partition coefficient (Wildman–Crippen LogP) is 8.97. The molecule has 4 unspecified atom stereocenters. The molecule has 6 N–H and O–H groups in total. The van der Waals surface area contributed by atoms with Crippen LogP contribution >= 0.6 is 0 Å². The number of β-amino-alcohol motifs (C(OH)–C–C–N with tert-alkyl or cyclic N) is 2. The van der Waals surface area contributed by atoms with Gasteiger partial charge in [0.05, 0.1) is 12.2 Å². The van der Waals surface area contributed by atoms with Crippen LogP contribution in [-0.2, 0) is 54.7 Å². The molecule has 4 heterocycles. The summed E-state index contributed by atoms with van der Waals surface area (Å²) in [5, 5.41) is 29.4. The average molecular weight is 1170 g/mol. The van der Waals surface area contributed by atoms with Crippen molar-refractivity contribution in [3.63, 3.8) is 0 Å². The van der Waals surface area contributed by atoms with Crippen LogP contribution in [0.3, 0.4) is 0 Å². The minimum atomic E-state index is -0.835. The van der Waals surface area contributed by atoms with Crippen LogP contribution < -0.4 is 10.6 Å². The highest BCUT2D eigenvalue weighted by atomic mass is 16.3. The van der Waals surface area contributed by atoms with Crippen molar-refractivity contribution in [2.45, 2.75) is 180 Å². The van der Waals surface area contributed by atoms with Crippen LogP contribution in [0.1, 0.15) is 137 Å². The Hall–Kier alpha value is -7.30. The zero-order valence-corrected chi connectivity index (χ0v) is 51.1. The van der Waals surface area contributed by atoms with Crippen molar-refractivity contribution in [1.29, 1.82) is 0 Å². The number of aliphatic hydroxyl groups is 2. The van der Waals surface area contributed by atoms with Crippen molar-refractivity contribution in [3.05, 3.63) is 143 Å². The highest BCUT2D eigenvalue weighted by Gasteiger charge is 2.56. The number of hydrogen-bond acceptors (Lipinski definition) is 8. The Labute approximate surface area is 505 Å². The summed E-state index contributed by atoms with van der Waals surface area (Å²) >= 11 is 0. The fraction of sp³-hybridized carbons (Fsp3) is 0.514. The molecule has 6 atom stereocenters. The second-order valence-corrected chi connectivity index (χ2v) is 27.4. The normalized spacial score (nSPS) is 27.3. The van der Waals surface area contributed by atoms with Crippen molar-refractivity contribution in [2.24, 2.45) is 21.7 Å². The Kier molecular flexibility index (Phi) is 17.2. The number of carbonyl (C=O) groups excluding carboxylic acids is 6. The predicted molar refractivity (Wildman–Crippen MR) is 332 cm³/mol. The lowest BCUT2D eigenvalue weighted by atomic mass is 9.54. The number of likely N-dealkylation sites (tertiary alicyclic amines) is 2. The summed E-state index contributed by atoms with van der Waals surface area (Å²) in [5.41, 5.74) is 7.85. The Morgan fingerprint density at radius 3 is 1.21 bits per heavy atom. The third-order valence-corrected chi connectivity index (χ3v) is 21.4. The summed E-state index contributed by atoms with van der Waals surface area (Å²) in [6.45, 7) is 9.83. The smallest absolute Gasteiger partial charge is 0.245 e. The van der Waals surface area contributed by atoms with E-state index in [4.69, 9.17) is 0 Å². The van der Waals surface area contributed by atoms with Gasteiger partial charge in [-0.05, 0) is 147 Å². The van der Waals surface area contributed by atoms with Crippen LogP contribution in [0.2, 0.25) is 0 Å². The van der Waals surface area contributed by atoms with E-state index in [1.165, 1.54) is 0 Å². The summed E-state index contributed by atoms with van der Waals surface area (Å²) in [4.78, 5) is 97.2. The quantitative estimate of drug-likeness (QED) is 0.0550. The molecule has 16 heteroatoms. The number of H-pyrrole nitrogens is 2. The molecule has 2 saturated heterocycles. The second kappa shape index (κ2) is 24.5. The van der Waals surface area contributed by atoms with Crippen LogP contribution in [0.25, 0.3) is 21.8 Å². The van der Waals surface area contributed by atoms with Gasteiger partial charge in [0.25, 0.3) is 0 Å². The van der Waals surface area contributed by atoms with Gasteiger partial charge in [-0.25, -0.2) is 0 Å². The molecule has 4 bridgehead atoms. The zero-order valence-electron chi connectivity index (χ0n) is 51.1. The molecule has 8 fully saturated rings. The van der Waals surface area contributed by atoms with E-state index in [0.717, 1.165) is 132 Å². The Balaban J connectivity index is 0.000000179. The molecule has 4 aromatic carbocycles. The largest absolute Gasteiger partial charge is 0.391 e. The molecule has 2 aliphatic heterocycles. The molecule has 456 valence electrons. The summed E-state index contributed by atoms with van der Waals surface area (Å²) in [6.07, 6.45) is 14.4. The first-order valence-electron chi connectivity index (χ1n) is 31.4. The number of amides is 6. The summed E-state index contributed by atoms with van der Waals surface area (Å²) < 4.78 is 0. The molecule has 6 amide bonds.